The number of likely N-dealkylation sites (tertiary alicyclic amines) is 1. The topological polar surface area (TPSA) is 40.0 Å². The standard InChI is InChI=1S/C16H23NO3/c1-3-20-16(18)14-7-5-9-17(12-14)11-13-6-4-8-15(10-13)19-2/h4,6,8,10,14H,3,5,7,9,11-12H2,1-2H3/p+1/t14-/m1/s1. The van der Waals surface area contributed by atoms with E-state index in [2.05, 4.69) is 12.1 Å². The third-order valence-corrected chi connectivity index (χ3v) is 3.83. The second-order valence-electron chi connectivity index (χ2n) is 5.32. The summed E-state index contributed by atoms with van der Waals surface area (Å²) in [6.07, 6.45) is 2.04. The van der Waals surface area contributed by atoms with Crippen LogP contribution in [0.5, 0.6) is 5.75 Å². The summed E-state index contributed by atoms with van der Waals surface area (Å²) in [6.45, 7) is 5.26. The van der Waals surface area contributed by atoms with Crippen molar-refractivity contribution in [2.75, 3.05) is 26.8 Å². The van der Waals surface area contributed by atoms with Crippen molar-refractivity contribution in [3.8, 4) is 5.75 Å². The molecule has 0 spiro atoms. The number of hydrogen-bond acceptors (Lipinski definition) is 3. The molecule has 1 saturated heterocycles. The highest BCUT2D eigenvalue weighted by atomic mass is 16.5. The Morgan fingerprint density at radius 1 is 1.45 bits per heavy atom. The molecule has 1 fully saturated rings. The summed E-state index contributed by atoms with van der Waals surface area (Å²) >= 11 is 0. The number of methoxy groups -OCH3 is 1. The number of rotatable bonds is 5. The lowest BCUT2D eigenvalue weighted by molar-refractivity contribution is -0.921. The molecular formula is C16H24NO3+. The van der Waals surface area contributed by atoms with E-state index in [1.807, 2.05) is 19.1 Å². The smallest absolute Gasteiger partial charge is 0.314 e. The molecule has 1 aliphatic heterocycles. The summed E-state index contributed by atoms with van der Waals surface area (Å²) < 4.78 is 10.4. The molecule has 1 heterocycles. The zero-order valence-electron chi connectivity index (χ0n) is 12.4. The lowest BCUT2D eigenvalue weighted by Crippen LogP contribution is -3.12. The largest absolute Gasteiger partial charge is 0.497 e. The van der Waals surface area contributed by atoms with E-state index >= 15 is 0 Å². The van der Waals surface area contributed by atoms with Crippen molar-refractivity contribution in [1.82, 2.24) is 0 Å². The normalized spacial score (nSPS) is 22.3. The number of ether oxygens (including phenoxy) is 2. The highest BCUT2D eigenvalue weighted by Crippen LogP contribution is 2.13. The quantitative estimate of drug-likeness (QED) is 0.819. The van der Waals surface area contributed by atoms with E-state index in [4.69, 9.17) is 9.47 Å². The van der Waals surface area contributed by atoms with Gasteiger partial charge in [-0.2, -0.15) is 0 Å². The minimum atomic E-state index is -0.0321. The van der Waals surface area contributed by atoms with Crippen LogP contribution in [-0.2, 0) is 16.1 Å². The number of piperidine rings is 1. The zero-order chi connectivity index (χ0) is 14.4. The van der Waals surface area contributed by atoms with Gasteiger partial charge in [0.2, 0.25) is 0 Å². The number of carbonyl (C=O) groups excluding carboxylic acids is 1. The van der Waals surface area contributed by atoms with Gasteiger partial charge in [-0.25, -0.2) is 0 Å². The lowest BCUT2D eigenvalue weighted by atomic mass is 9.97. The molecule has 0 aliphatic carbocycles. The van der Waals surface area contributed by atoms with Gasteiger partial charge in [-0.05, 0) is 31.9 Å². The molecule has 4 nitrogen and oxygen atoms in total. The van der Waals surface area contributed by atoms with Gasteiger partial charge in [0.25, 0.3) is 0 Å². The van der Waals surface area contributed by atoms with E-state index in [0.29, 0.717) is 6.61 Å². The van der Waals surface area contributed by atoms with Gasteiger partial charge in [0.1, 0.15) is 18.2 Å². The van der Waals surface area contributed by atoms with Crippen LogP contribution >= 0.6 is 0 Å². The summed E-state index contributed by atoms with van der Waals surface area (Å²) in [5, 5.41) is 0. The van der Waals surface area contributed by atoms with Gasteiger partial charge >= 0.3 is 5.97 Å². The molecule has 2 atom stereocenters. The van der Waals surface area contributed by atoms with E-state index in [1.165, 1.54) is 10.5 Å². The summed E-state index contributed by atoms with van der Waals surface area (Å²) in [5.41, 5.74) is 1.25. The predicted octanol–water partition coefficient (Wildman–Crippen LogP) is 1.05. The van der Waals surface area contributed by atoms with E-state index < -0.39 is 0 Å². The molecule has 1 aliphatic rings. The van der Waals surface area contributed by atoms with Crippen LogP contribution in [0.3, 0.4) is 0 Å². The number of quaternary nitrogens is 1. The van der Waals surface area contributed by atoms with Crippen LogP contribution in [0.15, 0.2) is 24.3 Å². The van der Waals surface area contributed by atoms with Crippen molar-refractivity contribution in [2.24, 2.45) is 5.92 Å². The van der Waals surface area contributed by atoms with Crippen molar-refractivity contribution in [1.29, 1.82) is 0 Å². The maximum Gasteiger partial charge on any atom is 0.314 e. The third-order valence-electron chi connectivity index (χ3n) is 3.83. The second kappa shape index (κ2) is 7.29. The molecule has 0 saturated carbocycles. The van der Waals surface area contributed by atoms with Crippen LogP contribution in [0, 0.1) is 5.92 Å². The second-order valence-corrected chi connectivity index (χ2v) is 5.32. The Morgan fingerprint density at radius 2 is 2.30 bits per heavy atom. The van der Waals surface area contributed by atoms with Crippen molar-refractivity contribution in [3.63, 3.8) is 0 Å². The number of esters is 1. The first-order chi connectivity index (χ1) is 9.72. The number of benzene rings is 1. The van der Waals surface area contributed by atoms with Gasteiger partial charge < -0.3 is 14.4 Å². The van der Waals surface area contributed by atoms with E-state index in [-0.39, 0.29) is 11.9 Å². The molecule has 0 aromatic heterocycles. The van der Waals surface area contributed by atoms with Crippen LogP contribution in [0.4, 0.5) is 0 Å². The minimum Gasteiger partial charge on any atom is -0.497 e. The fourth-order valence-corrected chi connectivity index (χ4v) is 2.84. The van der Waals surface area contributed by atoms with Gasteiger partial charge in [-0.3, -0.25) is 4.79 Å². The number of carbonyl (C=O) groups is 1. The number of hydrogen-bond donors (Lipinski definition) is 1. The predicted molar refractivity (Wildman–Crippen MR) is 76.8 cm³/mol. The number of nitrogens with one attached hydrogen (secondary N) is 1. The average molecular weight is 278 g/mol. The summed E-state index contributed by atoms with van der Waals surface area (Å²) in [4.78, 5) is 13.3. The van der Waals surface area contributed by atoms with Gasteiger partial charge in [0.15, 0.2) is 0 Å². The van der Waals surface area contributed by atoms with Crippen molar-refractivity contribution >= 4 is 5.97 Å². The molecule has 0 bridgehead atoms. The van der Waals surface area contributed by atoms with Crippen LogP contribution < -0.4 is 9.64 Å². The highest BCUT2D eigenvalue weighted by molar-refractivity contribution is 5.72. The molecular weight excluding hydrogens is 254 g/mol. The maximum atomic E-state index is 11.8. The average Bonchev–Trinajstić information content (AvgIpc) is 2.48. The zero-order valence-corrected chi connectivity index (χ0v) is 12.4. The van der Waals surface area contributed by atoms with E-state index in [1.54, 1.807) is 7.11 Å². The molecule has 2 rings (SSSR count). The van der Waals surface area contributed by atoms with Gasteiger partial charge in [0.05, 0.1) is 26.8 Å². The molecule has 1 N–H and O–H groups in total. The molecule has 0 radical (unpaired) electrons. The first-order valence-electron chi connectivity index (χ1n) is 7.36. The molecule has 4 heteroatoms. The van der Waals surface area contributed by atoms with Crippen LogP contribution in [0.1, 0.15) is 25.3 Å². The van der Waals surface area contributed by atoms with Gasteiger partial charge in [-0.15, -0.1) is 0 Å². The van der Waals surface area contributed by atoms with Crippen molar-refractivity contribution in [3.05, 3.63) is 29.8 Å². The van der Waals surface area contributed by atoms with Crippen LogP contribution in [0.2, 0.25) is 0 Å². The summed E-state index contributed by atoms with van der Waals surface area (Å²) in [5.74, 6) is 0.917. The van der Waals surface area contributed by atoms with Crippen LogP contribution in [0.25, 0.3) is 0 Å². The maximum absolute atomic E-state index is 11.8. The Bertz CT molecular complexity index is 447. The lowest BCUT2D eigenvalue weighted by Gasteiger charge is -2.28. The van der Waals surface area contributed by atoms with Crippen LogP contribution in [-0.4, -0.2) is 32.8 Å². The fraction of sp³-hybridized carbons (Fsp3) is 0.562. The SMILES string of the molecule is CCOC(=O)[C@@H]1CCC[NH+](Cc2cccc(OC)c2)C1. The monoisotopic (exact) mass is 278 g/mol. The highest BCUT2D eigenvalue weighted by Gasteiger charge is 2.29. The fourth-order valence-electron chi connectivity index (χ4n) is 2.84. The summed E-state index contributed by atoms with van der Waals surface area (Å²) in [7, 11) is 1.68. The van der Waals surface area contributed by atoms with E-state index in [0.717, 1.165) is 38.2 Å². The molecule has 110 valence electrons. The first-order valence-corrected chi connectivity index (χ1v) is 7.36. The molecule has 1 aromatic rings. The van der Waals surface area contributed by atoms with Gasteiger partial charge in [0, 0.05) is 5.56 Å². The molecule has 1 aromatic carbocycles. The van der Waals surface area contributed by atoms with Gasteiger partial charge in [-0.1, -0.05) is 12.1 Å². The van der Waals surface area contributed by atoms with E-state index in [9.17, 15) is 4.79 Å². The Balaban J connectivity index is 1.93. The first kappa shape index (κ1) is 14.9. The summed E-state index contributed by atoms with van der Waals surface area (Å²) in [6, 6.07) is 8.15. The third kappa shape index (κ3) is 3.97. The Labute approximate surface area is 120 Å². The Morgan fingerprint density at radius 3 is 3.05 bits per heavy atom. The minimum absolute atomic E-state index is 0.0321. The Kier molecular flexibility index (Phi) is 5.41. The molecule has 20 heavy (non-hydrogen) atoms. The molecule has 0 amide bonds. The molecule has 1 unspecified atom stereocenters. The Hall–Kier alpha value is -1.55. The van der Waals surface area contributed by atoms with Crippen molar-refractivity contribution in [2.45, 2.75) is 26.3 Å². The van der Waals surface area contributed by atoms with Crippen molar-refractivity contribution < 1.29 is 19.2 Å².